The predicted molar refractivity (Wildman–Crippen MR) is 101 cm³/mol. The van der Waals surface area contributed by atoms with E-state index in [1.54, 1.807) is 29.3 Å². The van der Waals surface area contributed by atoms with Gasteiger partial charge in [0.2, 0.25) is 0 Å². The van der Waals surface area contributed by atoms with Crippen LogP contribution in [0.3, 0.4) is 0 Å². The third-order valence-corrected chi connectivity index (χ3v) is 4.04. The topological polar surface area (TPSA) is 26.8 Å². The first-order valence-corrected chi connectivity index (χ1v) is 8.37. The summed E-state index contributed by atoms with van der Waals surface area (Å²) in [5.74, 6) is -0.0308. The minimum atomic E-state index is -0.0308. The summed E-state index contributed by atoms with van der Waals surface area (Å²) in [5, 5.41) is 4.32. The largest absolute Gasteiger partial charge is 0.309 e. The summed E-state index contributed by atoms with van der Waals surface area (Å²) in [6, 6.07) is 16.9. The molecule has 0 aromatic heterocycles. The summed E-state index contributed by atoms with van der Waals surface area (Å²) in [4.78, 5) is 15.1. The van der Waals surface area contributed by atoms with Crippen molar-refractivity contribution in [3.8, 4) is 0 Å². The molecule has 2 aromatic rings. The van der Waals surface area contributed by atoms with Crippen LogP contribution in [0, 0.1) is 0 Å². The fourth-order valence-corrected chi connectivity index (χ4v) is 2.58. The number of benzene rings is 2. The van der Waals surface area contributed by atoms with Gasteiger partial charge in [0.15, 0.2) is 0 Å². The van der Waals surface area contributed by atoms with E-state index in [-0.39, 0.29) is 5.91 Å². The van der Waals surface area contributed by atoms with Gasteiger partial charge in [0, 0.05) is 24.2 Å². The third-order valence-electron chi connectivity index (χ3n) is 3.79. The maximum Gasteiger partial charge on any atom is 0.272 e. The van der Waals surface area contributed by atoms with Crippen molar-refractivity contribution in [2.45, 2.75) is 6.42 Å². The van der Waals surface area contributed by atoms with Crippen LogP contribution in [0.2, 0.25) is 5.02 Å². The molecule has 0 unspecified atom stereocenters. The van der Waals surface area contributed by atoms with Crippen LogP contribution in [0.1, 0.15) is 16.8 Å². The molecule has 2 rings (SSSR count). The van der Waals surface area contributed by atoms with Crippen molar-refractivity contribution in [1.82, 2.24) is 9.91 Å². The molecule has 24 heavy (non-hydrogen) atoms. The Morgan fingerprint density at radius 1 is 0.917 bits per heavy atom. The highest BCUT2D eigenvalue weighted by atomic mass is 35.5. The summed E-state index contributed by atoms with van der Waals surface area (Å²) >= 11 is 5.93. The summed E-state index contributed by atoms with van der Waals surface area (Å²) < 4.78 is 0. The van der Waals surface area contributed by atoms with Crippen molar-refractivity contribution >= 4 is 23.2 Å². The summed E-state index contributed by atoms with van der Waals surface area (Å²) in [5.41, 5.74) is 1.61. The maximum atomic E-state index is 13.0. The van der Waals surface area contributed by atoms with E-state index in [1.807, 2.05) is 56.5 Å². The predicted octanol–water partition coefficient (Wildman–Crippen LogP) is 3.79. The molecule has 2 aromatic carbocycles. The number of anilines is 1. The van der Waals surface area contributed by atoms with Gasteiger partial charge in [0.25, 0.3) is 5.91 Å². The Morgan fingerprint density at radius 3 is 2.12 bits per heavy atom. The molecule has 0 heterocycles. The minimum Gasteiger partial charge on any atom is -0.309 e. The van der Waals surface area contributed by atoms with E-state index in [2.05, 4.69) is 4.90 Å². The zero-order valence-corrected chi connectivity index (χ0v) is 15.2. The van der Waals surface area contributed by atoms with Gasteiger partial charge in [-0.25, -0.2) is 5.01 Å². The second-order valence-electron chi connectivity index (χ2n) is 5.95. The standard InChI is InChI=1S/C19H24ClN3O/c1-21(2)14-7-15-23(22(3)18-8-5-4-6-9-18)19(24)16-10-12-17(20)13-11-16/h4-6,8-13H,7,14-15H2,1-3H3. The smallest absolute Gasteiger partial charge is 0.272 e. The van der Waals surface area contributed by atoms with E-state index in [9.17, 15) is 4.79 Å². The van der Waals surface area contributed by atoms with Crippen LogP contribution in [0.15, 0.2) is 54.6 Å². The Labute approximate surface area is 149 Å². The van der Waals surface area contributed by atoms with Gasteiger partial charge in [-0.3, -0.25) is 9.80 Å². The first-order valence-electron chi connectivity index (χ1n) is 8.00. The Balaban J connectivity index is 2.21. The average molecular weight is 346 g/mol. The van der Waals surface area contributed by atoms with Gasteiger partial charge in [-0.1, -0.05) is 29.8 Å². The van der Waals surface area contributed by atoms with Crippen LogP contribution in [0.25, 0.3) is 0 Å². The lowest BCUT2D eigenvalue weighted by Gasteiger charge is -2.34. The third kappa shape index (κ3) is 4.98. The lowest BCUT2D eigenvalue weighted by atomic mass is 10.2. The first kappa shape index (κ1) is 18.3. The van der Waals surface area contributed by atoms with E-state index in [0.29, 0.717) is 17.1 Å². The van der Waals surface area contributed by atoms with Crippen LogP contribution < -0.4 is 5.01 Å². The number of hydrogen-bond donors (Lipinski definition) is 0. The summed E-state index contributed by atoms with van der Waals surface area (Å²) in [6.45, 7) is 1.57. The van der Waals surface area contributed by atoms with Gasteiger partial charge in [0.05, 0.1) is 5.69 Å². The van der Waals surface area contributed by atoms with Gasteiger partial charge < -0.3 is 4.90 Å². The number of carbonyl (C=O) groups excluding carboxylic acids is 1. The number of amides is 1. The second-order valence-corrected chi connectivity index (χ2v) is 6.39. The molecule has 0 saturated heterocycles. The zero-order chi connectivity index (χ0) is 17.5. The number of hydrogen-bond acceptors (Lipinski definition) is 3. The Bertz CT molecular complexity index is 643. The normalized spacial score (nSPS) is 10.7. The molecule has 1 amide bonds. The van der Waals surface area contributed by atoms with Gasteiger partial charge in [0.1, 0.15) is 0 Å². The van der Waals surface area contributed by atoms with Gasteiger partial charge in [-0.15, -0.1) is 0 Å². The van der Waals surface area contributed by atoms with Gasteiger partial charge >= 0.3 is 0 Å². The molecular weight excluding hydrogens is 322 g/mol. The maximum absolute atomic E-state index is 13.0. The lowest BCUT2D eigenvalue weighted by Crippen LogP contribution is -2.45. The Kier molecular flexibility index (Phi) is 6.64. The monoisotopic (exact) mass is 345 g/mol. The number of rotatable bonds is 7. The van der Waals surface area contributed by atoms with Crippen molar-refractivity contribution < 1.29 is 4.79 Å². The van der Waals surface area contributed by atoms with Gasteiger partial charge in [-0.05, 0) is 63.5 Å². The molecule has 5 heteroatoms. The van der Waals surface area contributed by atoms with Crippen LogP contribution in [0.5, 0.6) is 0 Å². The highest BCUT2D eigenvalue weighted by Gasteiger charge is 2.20. The van der Waals surface area contributed by atoms with Crippen molar-refractivity contribution in [3.63, 3.8) is 0 Å². The van der Waals surface area contributed by atoms with E-state index in [4.69, 9.17) is 11.6 Å². The molecule has 0 aliphatic carbocycles. The van der Waals surface area contributed by atoms with Crippen LogP contribution in [-0.4, -0.2) is 50.0 Å². The Hall–Kier alpha value is -2.04. The molecule has 128 valence electrons. The quantitative estimate of drug-likeness (QED) is 0.714. The Morgan fingerprint density at radius 2 is 1.54 bits per heavy atom. The molecule has 0 atom stereocenters. The molecule has 4 nitrogen and oxygen atoms in total. The number of hydrazine groups is 1. The van der Waals surface area contributed by atoms with E-state index in [1.165, 1.54) is 0 Å². The number of carbonyl (C=O) groups is 1. The molecule has 0 fully saturated rings. The first-order chi connectivity index (χ1) is 11.5. The number of para-hydroxylation sites is 1. The van der Waals surface area contributed by atoms with Crippen LogP contribution in [-0.2, 0) is 0 Å². The molecular formula is C19H24ClN3O. The van der Waals surface area contributed by atoms with Crippen molar-refractivity contribution in [2.24, 2.45) is 0 Å². The number of nitrogens with zero attached hydrogens (tertiary/aromatic N) is 3. The molecule has 0 saturated carbocycles. The lowest BCUT2D eigenvalue weighted by molar-refractivity contribution is 0.0739. The SMILES string of the molecule is CN(C)CCCN(C(=O)c1ccc(Cl)cc1)N(C)c1ccccc1. The van der Waals surface area contributed by atoms with E-state index < -0.39 is 0 Å². The fourth-order valence-electron chi connectivity index (χ4n) is 2.45. The average Bonchev–Trinajstić information content (AvgIpc) is 2.59. The fraction of sp³-hybridized carbons (Fsp3) is 0.316. The second kappa shape index (κ2) is 8.71. The van der Waals surface area contributed by atoms with Crippen LogP contribution >= 0.6 is 11.6 Å². The summed E-state index contributed by atoms with van der Waals surface area (Å²) in [7, 11) is 5.98. The van der Waals surface area contributed by atoms with Crippen LogP contribution in [0.4, 0.5) is 5.69 Å². The zero-order valence-electron chi connectivity index (χ0n) is 14.4. The number of halogens is 1. The van der Waals surface area contributed by atoms with E-state index in [0.717, 1.165) is 18.7 Å². The van der Waals surface area contributed by atoms with Crippen molar-refractivity contribution in [1.29, 1.82) is 0 Å². The van der Waals surface area contributed by atoms with Crippen molar-refractivity contribution in [2.75, 3.05) is 39.2 Å². The molecule has 0 N–H and O–H groups in total. The molecule has 0 radical (unpaired) electrons. The molecule has 0 bridgehead atoms. The molecule has 0 aliphatic rings. The molecule has 0 spiro atoms. The minimum absolute atomic E-state index is 0.0308. The summed E-state index contributed by atoms with van der Waals surface area (Å²) in [6.07, 6.45) is 0.892. The van der Waals surface area contributed by atoms with Crippen molar-refractivity contribution in [3.05, 3.63) is 65.2 Å². The highest BCUT2D eigenvalue weighted by molar-refractivity contribution is 6.30. The van der Waals surface area contributed by atoms with Gasteiger partial charge in [-0.2, -0.15) is 0 Å². The highest BCUT2D eigenvalue weighted by Crippen LogP contribution is 2.18. The molecule has 0 aliphatic heterocycles. The van der Waals surface area contributed by atoms with E-state index >= 15 is 0 Å².